The predicted octanol–water partition coefficient (Wildman–Crippen LogP) is 0.940. The van der Waals surface area contributed by atoms with Crippen molar-refractivity contribution >= 4 is 39.1 Å². The fourth-order valence-corrected chi connectivity index (χ4v) is 5.36. The molecule has 1 N–H and O–H groups in total. The highest BCUT2D eigenvalue weighted by molar-refractivity contribution is 7.89. The van der Waals surface area contributed by atoms with Crippen LogP contribution in [0.1, 0.15) is 17.4 Å². The van der Waals surface area contributed by atoms with Crippen LogP contribution in [0, 0.1) is 0 Å². The second kappa shape index (κ2) is 7.56. The zero-order chi connectivity index (χ0) is 21.6. The Bertz CT molecular complexity index is 1120. The number of sulfonamides is 1. The predicted molar refractivity (Wildman–Crippen MR) is 108 cm³/mol. The van der Waals surface area contributed by atoms with Crippen LogP contribution < -0.4 is 10.1 Å². The summed E-state index contributed by atoms with van der Waals surface area (Å²) >= 11 is 6.23. The molecule has 4 rings (SSSR count). The lowest BCUT2D eigenvalue weighted by molar-refractivity contribution is -0.122. The van der Waals surface area contributed by atoms with Gasteiger partial charge in [-0.2, -0.15) is 9.40 Å². The SMILES string of the molecule is C[C@H]1Oc2cc(S(=O)(=O)N3CCN(C(=O)c4ccnn4C)CC3)c(Cl)cc2NC1=O. The Morgan fingerprint density at radius 3 is 2.60 bits per heavy atom. The molecule has 2 amide bonds. The van der Waals surface area contributed by atoms with Crippen molar-refractivity contribution in [1.29, 1.82) is 0 Å². The molecule has 2 aliphatic rings. The summed E-state index contributed by atoms with van der Waals surface area (Å²) in [6.45, 7) is 2.32. The quantitative estimate of drug-likeness (QED) is 0.739. The number of amides is 2. The summed E-state index contributed by atoms with van der Waals surface area (Å²) in [4.78, 5) is 25.8. The molecule has 1 aromatic carbocycles. The monoisotopic (exact) mass is 453 g/mol. The van der Waals surface area contributed by atoms with E-state index in [1.807, 2.05) is 0 Å². The van der Waals surface area contributed by atoms with Crippen LogP contribution in [-0.4, -0.2) is 71.5 Å². The molecule has 1 fully saturated rings. The van der Waals surface area contributed by atoms with Gasteiger partial charge >= 0.3 is 0 Å². The average molecular weight is 454 g/mol. The highest BCUT2D eigenvalue weighted by atomic mass is 35.5. The van der Waals surface area contributed by atoms with Crippen molar-refractivity contribution in [3.8, 4) is 5.75 Å². The number of aryl methyl sites for hydroxylation is 1. The number of ether oxygens (including phenoxy) is 1. The van der Waals surface area contributed by atoms with E-state index in [9.17, 15) is 18.0 Å². The van der Waals surface area contributed by atoms with Crippen molar-refractivity contribution in [2.45, 2.75) is 17.9 Å². The van der Waals surface area contributed by atoms with Gasteiger partial charge in [-0.05, 0) is 19.1 Å². The second-order valence-electron chi connectivity index (χ2n) is 7.06. The van der Waals surface area contributed by atoms with E-state index in [-0.39, 0.29) is 53.7 Å². The number of piperazine rings is 1. The summed E-state index contributed by atoms with van der Waals surface area (Å²) < 4.78 is 34.6. The first kappa shape index (κ1) is 20.6. The van der Waals surface area contributed by atoms with Crippen LogP contribution in [0.4, 0.5) is 5.69 Å². The largest absolute Gasteiger partial charge is 0.479 e. The van der Waals surface area contributed by atoms with Gasteiger partial charge < -0.3 is 15.0 Å². The van der Waals surface area contributed by atoms with Crippen LogP contribution in [0.25, 0.3) is 0 Å². The molecule has 1 saturated heterocycles. The van der Waals surface area contributed by atoms with Crippen molar-refractivity contribution in [1.82, 2.24) is 19.0 Å². The Labute approximate surface area is 178 Å². The van der Waals surface area contributed by atoms with Crippen LogP contribution in [0.15, 0.2) is 29.3 Å². The molecule has 2 aromatic rings. The van der Waals surface area contributed by atoms with Gasteiger partial charge in [0.15, 0.2) is 6.10 Å². The molecular formula is C18H20ClN5O5S. The zero-order valence-corrected chi connectivity index (χ0v) is 17.9. The standard InChI is InChI=1S/C18H20ClN5O5S/c1-11-17(25)21-13-9-12(19)16(10-15(13)29-11)30(27,28)24-7-5-23(6-8-24)18(26)14-3-4-20-22(14)2/h3-4,9-11H,5-8H2,1-2H3,(H,21,25)/t11-/m1/s1. The van der Waals surface area contributed by atoms with Crippen LogP contribution in [-0.2, 0) is 21.9 Å². The lowest BCUT2D eigenvalue weighted by Gasteiger charge is -2.34. The summed E-state index contributed by atoms with van der Waals surface area (Å²) in [6, 6.07) is 4.32. The molecule has 3 heterocycles. The molecule has 30 heavy (non-hydrogen) atoms. The molecular weight excluding hydrogens is 434 g/mol. The Morgan fingerprint density at radius 2 is 1.97 bits per heavy atom. The van der Waals surface area contributed by atoms with Crippen molar-refractivity contribution in [2.24, 2.45) is 7.05 Å². The number of anilines is 1. The average Bonchev–Trinajstić information content (AvgIpc) is 3.14. The van der Waals surface area contributed by atoms with Crippen LogP contribution in [0.2, 0.25) is 5.02 Å². The molecule has 1 atom stereocenters. The van der Waals surface area contributed by atoms with E-state index in [1.165, 1.54) is 27.3 Å². The van der Waals surface area contributed by atoms with E-state index in [0.29, 0.717) is 11.4 Å². The van der Waals surface area contributed by atoms with Gasteiger partial charge in [-0.1, -0.05) is 11.6 Å². The van der Waals surface area contributed by atoms with Gasteiger partial charge in [-0.15, -0.1) is 0 Å². The summed E-state index contributed by atoms with van der Waals surface area (Å²) in [6.07, 6.45) is 0.799. The summed E-state index contributed by atoms with van der Waals surface area (Å²) in [5.74, 6) is -0.282. The third-order valence-corrected chi connectivity index (χ3v) is 7.51. The maximum absolute atomic E-state index is 13.2. The molecule has 0 bridgehead atoms. The number of benzene rings is 1. The number of nitrogens with one attached hydrogen (secondary N) is 1. The molecule has 0 unspecified atom stereocenters. The van der Waals surface area contributed by atoms with E-state index >= 15 is 0 Å². The van der Waals surface area contributed by atoms with Crippen molar-refractivity contribution in [2.75, 3.05) is 31.5 Å². The third-order valence-electron chi connectivity index (χ3n) is 5.15. The van der Waals surface area contributed by atoms with Gasteiger partial charge in [-0.25, -0.2) is 8.42 Å². The second-order valence-corrected chi connectivity index (χ2v) is 9.38. The number of rotatable bonds is 3. The molecule has 0 aliphatic carbocycles. The minimum Gasteiger partial charge on any atom is -0.479 e. The van der Waals surface area contributed by atoms with E-state index in [2.05, 4.69) is 10.4 Å². The first-order valence-corrected chi connectivity index (χ1v) is 11.1. The van der Waals surface area contributed by atoms with E-state index in [0.717, 1.165) is 0 Å². The van der Waals surface area contributed by atoms with Gasteiger partial charge in [-0.3, -0.25) is 14.3 Å². The van der Waals surface area contributed by atoms with Crippen LogP contribution in [0.5, 0.6) is 5.75 Å². The number of halogens is 1. The first-order valence-electron chi connectivity index (χ1n) is 9.27. The Morgan fingerprint density at radius 1 is 1.27 bits per heavy atom. The normalized spacial score (nSPS) is 19.8. The maximum Gasteiger partial charge on any atom is 0.272 e. The fourth-order valence-electron chi connectivity index (χ4n) is 3.42. The number of nitrogens with zero attached hydrogens (tertiary/aromatic N) is 4. The maximum atomic E-state index is 13.2. The van der Waals surface area contributed by atoms with E-state index in [1.54, 1.807) is 24.9 Å². The van der Waals surface area contributed by atoms with Crippen LogP contribution >= 0.6 is 11.6 Å². The van der Waals surface area contributed by atoms with E-state index < -0.39 is 16.1 Å². The summed E-state index contributed by atoms with van der Waals surface area (Å²) in [7, 11) is -2.24. The van der Waals surface area contributed by atoms with Crippen LogP contribution in [0.3, 0.4) is 0 Å². The molecule has 0 saturated carbocycles. The highest BCUT2D eigenvalue weighted by Gasteiger charge is 2.34. The topological polar surface area (TPSA) is 114 Å². The van der Waals surface area contributed by atoms with E-state index in [4.69, 9.17) is 16.3 Å². The molecule has 12 heteroatoms. The van der Waals surface area contributed by atoms with Gasteiger partial charge in [0.05, 0.1) is 10.7 Å². The molecule has 0 spiro atoms. The third kappa shape index (κ3) is 3.53. The van der Waals surface area contributed by atoms with Crippen molar-refractivity contribution in [3.63, 3.8) is 0 Å². The van der Waals surface area contributed by atoms with Gasteiger partial charge in [0, 0.05) is 45.5 Å². The van der Waals surface area contributed by atoms with Gasteiger partial charge in [0.1, 0.15) is 16.3 Å². The summed E-state index contributed by atoms with van der Waals surface area (Å²) in [5, 5.41) is 6.61. The van der Waals surface area contributed by atoms with Crippen molar-refractivity contribution < 1.29 is 22.7 Å². The van der Waals surface area contributed by atoms with Gasteiger partial charge in [0.2, 0.25) is 10.0 Å². The summed E-state index contributed by atoms with van der Waals surface area (Å²) in [5.41, 5.74) is 0.769. The van der Waals surface area contributed by atoms with Gasteiger partial charge in [0.25, 0.3) is 11.8 Å². The number of carbonyl (C=O) groups is 2. The Hall–Kier alpha value is -2.63. The number of carbonyl (C=O) groups excluding carboxylic acids is 2. The lowest BCUT2D eigenvalue weighted by atomic mass is 10.2. The molecule has 1 aromatic heterocycles. The van der Waals surface area contributed by atoms with Crippen molar-refractivity contribution in [3.05, 3.63) is 35.1 Å². The zero-order valence-electron chi connectivity index (χ0n) is 16.3. The number of aromatic nitrogens is 2. The first-order chi connectivity index (χ1) is 14.2. The molecule has 10 nitrogen and oxygen atoms in total. The number of hydrogen-bond donors (Lipinski definition) is 1. The minimum atomic E-state index is -3.92. The highest BCUT2D eigenvalue weighted by Crippen LogP contribution is 2.38. The Balaban J connectivity index is 1.53. The smallest absolute Gasteiger partial charge is 0.272 e. The number of hydrogen-bond acceptors (Lipinski definition) is 6. The fraction of sp³-hybridized carbons (Fsp3) is 0.389. The molecule has 2 aliphatic heterocycles. The Kier molecular flexibility index (Phi) is 5.20. The molecule has 0 radical (unpaired) electrons. The lowest BCUT2D eigenvalue weighted by Crippen LogP contribution is -2.50. The minimum absolute atomic E-state index is 0.0133. The molecule has 160 valence electrons. The number of fused-ring (bicyclic) bond motifs is 1.